The molecule has 2 aromatic carbocycles. The quantitative estimate of drug-likeness (QED) is 0.661. The van der Waals surface area contributed by atoms with Crippen LogP contribution in [-0.4, -0.2) is 18.0 Å². The van der Waals surface area contributed by atoms with Crippen LogP contribution in [0.1, 0.15) is 27.2 Å². The maximum absolute atomic E-state index is 13.3. The average molecular weight is 361 g/mol. The largest absolute Gasteiger partial charge is 0.467 e. The normalized spacial score (nSPS) is 15.7. The topological polar surface area (TPSA) is 59.8 Å². The second-order valence-electron chi connectivity index (χ2n) is 6.59. The first kappa shape index (κ1) is 17.1. The van der Waals surface area contributed by atoms with Crippen molar-refractivity contribution in [3.05, 3.63) is 89.4 Å². The lowest BCUT2D eigenvalue weighted by Crippen LogP contribution is -2.44. The predicted octanol–water partition coefficient (Wildman–Crippen LogP) is 3.90. The third kappa shape index (κ3) is 3.49. The van der Waals surface area contributed by atoms with Crippen LogP contribution in [0.5, 0.6) is 0 Å². The van der Waals surface area contributed by atoms with Crippen molar-refractivity contribution < 1.29 is 18.7 Å². The Balaban J connectivity index is 1.64. The van der Waals surface area contributed by atoms with Crippen molar-refractivity contribution in [2.45, 2.75) is 26.0 Å². The molecular formula is C22H19NO4. The van der Waals surface area contributed by atoms with E-state index in [0.717, 1.165) is 16.8 Å². The summed E-state index contributed by atoms with van der Waals surface area (Å²) in [5, 5.41) is 0. The molecule has 27 heavy (non-hydrogen) atoms. The number of carbonyl (C=O) groups excluding carboxylic acids is 2. The van der Waals surface area contributed by atoms with Gasteiger partial charge in [0.1, 0.15) is 5.76 Å². The number of rotatable bonds is 4. The standard InChI is InChI=1S/C22H19NO4/c1-15-8-10-17(11-9-15)23(14-18-6-4-12-26-18)21(24)20-13-16-5-2-3-7-19(16)22(25)27-20/h2-12,20H,13-14H2,1H3. The second-order valence-corrected chi connectivity index (χ2v) is 6.59. The van der Waals surface area contributed by atoms with E-state index in [-0.39, 0.29) is 12.5 Å². The Morgan fingerprint density at radius 2 is 1.85 bits per heavy atom. The summed E-state index contributed by atoms with van der Waals surface area (Å²) in [7, 11) is 0. The van der Waals surface area contributed by atoms with Crippen LogP contribution >= 0.6 is 0 Å². The second kappa shape index (κ2) is 7.11. The van der Waals surface area contributed by atoms with Gasteiger partial charge in [-0.2, -0.15) is 0 Å². The Labute approximate surface area is 157 Å². The molecule has 1 aliphatic rings. The molecule has 3 aromatic rings. The number of amides is 1. The molecule has 136 valence electrons. The number of carbonyl (C=O) groups is 2. The van der Waals surface area contributed by atoms with Crippen molar-refractivity contribution in [2.75, 3.05) is 4.90 Å². The zero-order valence-electron chi connectivity index (χ0n) is 14.9. The maximum Gasteiger partial charge on any atom is 0.339 e. The van der Waals surface area contributed by atoms with Gasteiger partial charge in [0.15, 0.2) is 6.10 Å². The lowest BCUT2D eigenvalue weighted by atomic mass is 9.98. The number of ether oxygens (including phenoxy) is 1. The van der Waals surface area contributed by atoms with Crippen LogP contribution in [0.15, 0.2) is 71.3 Å². The Kier molecular flexibility index (Phi) is 4.50. The molecule has 0 bridgehead atoms. The number of benzene rings is 2. The summed E-state index contributed by atoms with van der Waals surface area (Å²) in [6.07, 6.45) is 1.08. The number of aryl methyl sites for hydroxylation is 1. The van der Waals surface area contributed by atoms with Crippen molar-refractivity contribution in [2.24, 2.45) is 0 Å². The molecule has 0 saturated carbocycles. The summed E-state index contributed by atoms with van der Waals surface area (Å²) in [6.45, 7) is 2.26. The fourth-order valence-corrected chi connectivity index (χ4v) is 3.22. The maximum atomic E-state index is 13.3. The van der Waals surface area contributed by atoms with E-state index >= 15 is 0 Å². The van der Waals surface area contributed by atoms with E-state index in [9.17, 15) is 9.59 Å². The minimum atomic E-state index is -0.858. The molecule has 1 unspecified atom stereocenters. The molecule has 4 rings (SSSR count). The summed E-state index contributed by atoms with van der Waals surface area (Å²) in [4.78, 5) is 27.2. The van der Waals surface area contributed by atoms with Crippen molar-refractivity contribution in [1.29, 1.82) is 0 Å². The number of anilines is 1. The monoisotopic (exact) mass is 361 g/mol. The van der Waals surface area contributed by atoms with Crippen LogP contribution in [0.4, 0.5) is 5.69 Å². The van der Waals surface area contributed by atoms with Crippen LogP contribution in [-0.2, 0) is 22.5 Å². The molecule has 0 fully saturated rings. The van der Waals surface area contributed by atoms with Gasteiger partial charge in [-0.05, 0) is 42.8 Å². The average Bonchev–Trinajstić information content (AvgIpc) is 3.20. The summed E-state index contributed by atoms with van der Waals surface area (Å²) in [5.41, 5.74) is 3.18. The number of esters is 1. The Hall–Kier alpha value is -3.34. The molecule has 0 aliphatic carbocycles. The van der Waals surface area contributed by atoms with Crippen LogP contribution in [0.25, 0.3) is 0 Å². The van der Waals surface area contributed by atoms with Gasteiger partial charge in [0.05, 0.1) is 18.4 Å². The van der Waals surface area contributed by atoms with Gasteiger partial charge in [-0.25, -0.2) is 4.79 Å². The Morgan fingerprint density at radius 3 is 2.59 bits per heavy atom. The fraction of sp³-hybridized carbons (Fsp3) is 0.182. The van der Waals surface area contributed by atoms with Gasteiger partial charge in [-0.15, -0.1) is 0 Å². The number of furan rings is 1. The predicted molar refractivity (Wildman–Crippen MR) is 100 cm³/mol. The molecule has 2 heterocycles. The van der Waals surface area contributed by atoms with E-state index in [2.05, 4.69) is 0 Å². The Morgan fingerprint density at radius 1 is 1.07 bits per heavy atom. The van der Waals surface area contributed by atoms with Crippen molar-refractivity contribution in [3.63, 3.8) is 0 Å². The molecular weight excluding hydrogens is 342 g/mol. The zero-order chi connectivity index (χ0) is 18.8. The first-order valence-corrected chi connectivity index (χ1v) is 8.81. The Bertz CT molecular complexity index is 960. The molecule has 0 saturated heterocycles. The number of hydrogen-bond acceptors (Lipinski definition) is 4. The summed E-state index contributed by atoms with van der Waals surface area (Å²) < 4.78 is 10.9. The summed E-state index contributed by atoms with van der Waals surface area (Å²) >= 11 is 0. The first-order valence-electron chi connectivity index (χ1n) is 8.81. The SMILES string of the molecule is Cc1ccc(N(Cc2ccco2)C(=O)C2Cc3ccccc3C(=O)O2)cc1. The van der Waals surface area contributed by atoms with Gasteiger partial charge in [-0.1, -0.05) is 35.9 Å². The van der Waals surface area contributed by atoms with Crippen LogP contribution in [0.2, 0.25) is 0 Å². The molecule has 5 nitrogen and oxygen atoms in total. The smallest absolute Gasteiger partial charge is 0.339 e. The van der Waals surface area contributed by atoms with Gasteiger partial charge in [0, 0.05) is 12.1 Å². The molecule has 1 aliphatic heterocycles. The van der Waals surface area contributed by atoms with Crippen LogP contribution in [0, 0.1) is 6.92 Å². The van der Waals surface area contributed by atoms with E-state index < -0.39 is 12.1 Å². The first-order chi connectivity index (χ1) is 13.1. The number of cyclic esters (lactones) is 1. The van der Waals surface area contributed by atoms with Crippen LogP contribution in [0.3, 0.4) is 0 Å². The van der Waals surface area contributed by atoms with Crippen molar-refractivity contribution >= 4 is 17.6 Å². The molecule has 0 radical (unpaired) electrons. The highest BCUT2D eigenvalue weighted by atomic mass is 16.5. The van der Waals surface area contributed by atoms with E-state index in [1.807, 2.05) is 49.4 Å². The van der Waals surface area contributed by atoms with Crippen molar-refractivity contribution in [3.8, 4) is 0 Å². The van der Waals surface area contributed by atoms with E-state index in [0.29, 0.717) is 17.7 Å². The lowest BCUT2D eigenvalue weighted by molar-refractivity contribution is -0.127. The van der Waals surface area contributed by atoms with Crippen LogP contribution < -0.4 is 4.90 Å². The number of fused-ring (bicyclic) bond motifs is 1. The van der Waals surface area contributed by atoms with Gasteiger partial charge in [0.25, 0.3) is 5.91 Å². The molecule has 0 N–H and O–H groups in total. The molecule has 1 amide bonds. The molecule has 1 aromatic heterocycles. The molecule has 1 atom stereocenters. The molecule has 0 spiro atoms. The van der Waals surface area contributed by atoms with Gasteiger partial charge in [0.2, 0.25) is 0 Å². The van der Waals surface area contributed by atoms with E-state index in [4.69, 9.17) is 9.15 Å². The fourth-order valence-electron chi connectivity index (χ4n) is 3.22. The van der Waals surface area contributed by atoms with Crippen molar-refractivity contribution in [1.82, 2.24) is 0 Å². The summed E-state index contributed by atoms with van der Waals surface area (Å²) in [5.74, 6) is -0.0679. The number of nitrogens with zero attached hydrogens (tertiary/aromatic N) is 1. The minimum Gasteiger partial charge on any atom is -0.467 e. The highest BCUT2D eigenvalue weighted by Crippen LogP contribution is 2.25. The highest BCUT2D eigenvalue weighted by molar-refractivity contribution is 6.01. The lowest BCUT2D eigenvalue weighted by Gasteiger charge is -2.29. The summed E-state index contributed by atoms with van der Waals surface area (Å²) in [6, 6.07) is 18.5. The third-order valence-electron chi connectivity index (χ3n) is 4.67. The third-order valence-corrected chi connectivity index (χ3v) is 4.67. The van der Waals surface area contributed by atoms with E-state index in [1.54, 1.807) is 29.4 Å². The van der Waals surface area contributed by atoms with Gasteiger partial charge in [-0.3, -0.25) is 4.79 Å². The minimum absolute atomic E-state index is 0.266. The van der Waals surface area contributed by atoms with Gasteiger partial charge >= 0.3 is 5.97 Å². The van der Waals surface area contributed by atoms with E-state index in [1.165, 1.54) is 0 Å². The highest BCUT2D eigenvalue weighted by Gasteiger charge is 2.34. The number of hydrogen-bond donors (Lipinski definition) is 0. The molecule has 5 heteroatoms. The van der Waals surface area contributed by atoms with Gasteiger partial charge < -0.3 is 14.1 Å². The zero-order valence-corrected chi connectivity index (χ0v) is 14.9.